The lowest BCUT2D eigenvalue weighted by Crippen LogP contribution is -2.16. The van der Waals surface area contributed by atoms with E-state index in [9.17, 15) is 4.79 Å². The summed E-state index contributed by atoms with van der Waals surface area (Å²) in [7, 11) is 0. The highest BCUT2D eigenvalue weighted by Gasteiger charge is 1.99. The van der Waals surface area contributed by atoms with E-state index in [1.54, 1.807) is 17.6 Å². The van der Waals surface area contributed by atoms with Crippen LogP contribution in [0.4, 0.5) is 0 Å². The number of amides is 1. The first kappa shape index (κ1) is 23.9. The summed E-state index contributed by atoms with van der Waals surface area (Å²) in [6, 6.07) is 3.96. The van der Waals surface area contributed by atoms with Crippen molar-refractivity contribution in [1.29, 1.82) is 0 Å². The zero-order valence-corrected chi connectivity index (χ0v) is 18.2. The molecule has 1 aromatic rings. The number of rotatable bonds is 18. The van der Waals surface area contributed by atoms with Gasteiger partial charge in [0.2, 0.25) is 5.91 Å². The van der Waals surface area contributed by atoms with Gasteiger partial charge in [0, 0.05) is 11.3 Å². The third-order valence-electron chi connectivity index (χ3n) is 4.93. The molecule has 0 aliphatic carbocycles. The highest BCUT2D eigenvalue weighted by Crippen LogP contribution is 2.13. The van der Waals surface area contributed by atoms with E-state index in [0.29, 0.717) is 6.42 Å². The molecule has 0 fully saturated rings. The first-order valence-electron chi connectivity index (χ1n) is 11.2. The van der Waals surface area contributed by atoms with Gasteiger partial charge in [0.15, 0.2) is 0 Å². The summed E-state index contributed by atoms with van der Waals surface area (Å²) < 4.78 is 0. The molecule has 27 heavy (non-hydrogen) atoms. The van der Waals surface area contributed by atoms with Crippen molar-refractivity contribution in [2.45, 2.75) is 110 Å². The Morgan fingerprint density at radius 2 is 1.41 bits per heavy atom. The highest BCUT2D eigenvalue weighted by molar-refractivity contribution is 7.11. The van der Waals surface area contributed by atoms with Gasteiger partial charge in [-0.25, -0.2) is 5.43 Å². The molecule has 0 saturated heterocycles. The lowest BCUT2D eigenvalue weighted by atomic mass is 10.0. The number of carbonyl (C=O) groups excluding carboxylic acids is 1. The molecular weight excluding hydrogens is 352 g/mol. The summed E-state index contributed by atoms with van der Waals surface area (Å²) >= 11 is 1.61. The number of thiophene rings is 1. The maximum Gasteiger partial charge on any atom is 0.240 e. The van der Waals surface area contributed by atoms with Gasteiger partial charge in [-0.1, -0.05) is 103 Å². The maximum absolute atomic E-state index is 11.7. The Labute approximate surface area is 171 Å². The average Bonchev–Trinajstić information content (AvgIpc) is 3.18. The van der Waals surface area contributed by atoms with Gasteiger partial charge in [-0.05, 0) is 17.9 Å². The van der Waals surface area contributed by atoms with Crippen LogP contribution in [0.5, 0.6) is 0 Å². The fourth-order valence-electron chi connectivity index (χ4n) is 3.25. The van der Waals surface area contributed by atoms with Crippen molar-refractivity contribution in [3.8, 4) is 0 Å². The molecule has 0 aliphatic rings. The van der Waals surface area contributed by atoms with Crippen molar-refractivity contribution in [1.82, 2.24) is 5.43 Å². The normalized spacial score (nSPS) is 11.3. The van der Waals surface area contributed by atoms with Gasteiger partial charge in [0.25, 0.3) is 0 Å². The van der Waals surface area contributed by atoms with Crippen LogP contribution in [-0.2, 0) is 4.79 Å². The number of hydrazone groups is 1. The topological polar surface area (TPSA) is 41.5 Å². The molecule has 1 N–H and O–H groups in total. The molecule has 1 heterocycles. The minimum absolute atomic E-state index is 0.0255. The number of nitrogens with zero attached hydrogens (tertiary/aromatic N) is 1. The molecule has 0 unspecified atom stereocenters. The number of unbranched alkanes of at least 4 members (excludes halogenated alkanes) is 14. The third kappa shape index (κ3) is 15.6. The van der Waals surface area contributed by atoms with Gasteiger partial charge in [0.05, 0.1) is 6.21 Å². The molecule has 154 valence electrons. The van der Waals surface area contributed by atoms with Crippen LogP contribution in [0.3, 0.4) is 0 Å². The lowest BCUT2D eigenvalue weighted by molar-refractivity contribution is -0.121. The zero-order chi connectivity index (χ0) is 19.4. The fraction of sp³-hybridized carbons (Fsp3) is 0.739. The Hall–Kier alpha value is -1.16. The monoisotopic (exact) mass is 392 g/mol. The Morgan fingerprint density at radius 1 is 0.889 bits per heavy atom. The van der Waals surface area contributed by atoms with Crippen LogP contribution >= 0.6 is 11.3 Å². The SMILES string of the molecule is CCCCCCCCCCCCCCCCCC(=O)N/N=C/c1cccs1. The van der Waals surface area contributed by atoms with E-state index >= 15 is 0 Å². The third-order valence-corrected chi connectivity index (χ3v) is 5.74. The molecule has 0 spiro atoms. The van der Waals surface area contributed by atoms with E-state index in [0.717, 1.165) is 17.7 Å². The van der Waals surface area contributed by atoms with Crippen molar-refractivity contribution >= 4 is 23.5 Å². The molecule has 4 heteroatoms. The van der Waals surface area contributed by atoms with Crippen LogP contribution < -0.4 is 5.43 Å². The number of hydrogen-bond acceptors (Lipinski definition) is 3. The lowest BCUT2D eigenvalue weighted by Gasteiger charge is -2.03. The molecule has 0 radical (unpaired) electrons. The summed E-state index contributed by atoms with van der Waals surface area (Å²) in [6.07, 6.45) is 22.5. The summed E-state index contributed by atoms with van der Waals surface area (Å²) in [4.78, 5) is 12.7. The largest absolute Gasteiger partial charge is 0.273 e. The predicted octanol–water partition coefficient (Wildman–Crippen LogP) is 7.46. The quantitative estimate of drug-likeness (QED) is 0.157. The van der Waals surface area contributed by atoms with Crippen LogP contribution in [0.2, 0.25) is 0 Å². The molecule has 0 saturated carbocycles. The molecule has 1 amide bonds. The standard InChI is InChI=1S/C23H40N2OS/c1-2-3-4-5-6-7-8-9-10-11-12-13-14-15-16-19-23(26)25-24-21-22-18-17-20-27-22/h17-18,20-21H,2-16,19H2,1H3,(H,25,26)/b24-21+. The van der Waals surface area contributed by atoms with Gasteiger partial charge >= 0.3 is 0 Å². The van der Waals surface area contributed by atoms with Crippen molar-refractivity contribution < 1.29 is 4.79 Å². The van der Waals surface area contributed by atoms with Crippen molar-refractivity contribution in [2.24, 2.45) is 5.10 Å². The Bertz CT molecular complexity index is 471. The van der Waals surface area contributed by atoms with Crippen molar-refractivity contribution in [3.63, 3.8) is 0 Å². The van der Waals surface area contributed by atoms with Crippen LogP contribution in [0.15, 0.2) is 22.6 Å². The first-order chi connectivity index (χ1) is 13.3. The number of nitrogens with one attached hydrogen (secondary N) is 1. The van der Waals surface area contributed by atoms with Crippen LogP contribution in [0.25, 0.3) is 0 Å². The van der Waals surface area contributed by atoms with Crippen LogP contribution in [0, 0.1) is 0 Å². The predicted molar refractivity (Wildman–Crippen MR) is 120 cm³/mol. The van der Waals surface area contributed by atoms with Crippen LogP contribution in [-0.4, -0.2) is 12.1 Å². The maximum atomic E-state index is 11.7. The minimum Gasteiger partial charge on any atom is -0.273 e. The summed E-state index contributed by atoms with van der Waals surface area (Å²) in [5.41, 5.74) is 2.61. The number of carbonyl (C=O) groups is 1. The molecular formula is C23H40N2OS. The molecule has 3 nitrogen and oxygen atoms in total. The second kappa shape index (κ2) is 18.2. The van der Waals surface area contributed by atoms with E-state index in [2.05, 4.69) is 17.5 Å². The molecule has 1 aromatic heterocycles. The van der Waals surface area contributed by atoms with Crippen molar-refractivity contribution in [2.75, 3.05) is 0 Å². The van der Waals surface area contributed by atoms with Gasteiger partial charge in [0.1, 0.15) is 0 Å². The minimum atomic E-state index is 0.0255. The summed E-state index contributed by atoms with van der Waals surface area (Å²) in [6.45, 7) is 2.28. The van der Waals surface area contributed by atoms with Gasteiger partial charge in [-0.2, -0.15) is 5.10 Å². The number of hydrogen-bond donors (Lipinski definition) is 1. The van der Waals surface area contributed by atoms with E-state index in [-0.39, 0.29) is 5.91 Å². The van der Waals surface area contributed by atoms with E-state index in [1.807, 2.05) is 17.5 Å². The molecule has 1 rings (SSSR count). The van der Waals surface area contributed by atoms with E-state index < -0.39 is 0 Å². The zero-order valence-electron chi connectivity index (χ0n) is 17.4. The Morgan fingerprint density at radius 3 is 1.89 bits per heavy atom. The summed E-state index contributed by atoms with van der Waals surface area (Å²) in [5.74, 6) is 0.0255. The van der Waals surface area contributed by atoms with Gasteiger partial charge < -0.3 is 0 Å². The second-order valence-electron chi connectivity index (χ2n) is 7.51. The molecule has 0 atom stereocenters. The first-order valence-corrected chi connectivity index (χ1v) is 12.1. The van der Waals surface area contributed by atoms with Crippen LogP contribution in [0.1, 0.15) is 115 Å². The molecule has 0 bridgehead atoms. The Balaban J connectivity index is 1.76. The Kier molecular flexibility index (Phi) is 16.1. The molecule has 0 aliphatic heterocycles. The smallest absolute Gasteiger partial charge is 0.240 e. The average molecular weight is 393 g/mol. The second-order valence-corrected chi connectivity index (χ2v) is 8.49. The fourth-order valence-corrected chi connectivity index (χ4v) is 3.83. The van der Waals surface area contributed by atoms with Gasteiger partial charge in [-0.3, -0.25) is 4.79 Å². The highest BCUT2D eigenvalue weighted by atomic mass is 32.1. The molecule has 0 aromatic carbocycles. The van der Waals surface area contributed by atoms with E-state index in [4.69, 9.17) is 0 Å². The van der Waals surface area contributed by atoms with Crippen molar-refractivity contribution in [3.05, 3.63) is 22.4 Å². The van der Waals surface area contributed by atoms with E-state index in [1.165, 1.54) is 83.5 Å². The van der Waals surface area contributed by atoms with Gasteiger partial charge in [-0.15, -0.1) is 11.3 Å². The summed E-state index contributed by atoms with van der Waals surface area (Å²) in [5, 5.41) is 5.99.